The van der Waals surface area contributed by atoms with Crippen LogP contribution in [-0.2, 0) is 6.54 Å². The third kappa shape index (κ3) is 3.33. The lowest BCUT2D eigenvalue weighted by Crippen LogP contribution is -2.23. The standard InChI is InChI=1S/C14H11BrF2N2O/c15-9-2-3-10(13(18)6-9)14(20)19-7-8-1-4-11(16)12(17)5-8/h1-6H,7,18H2,(H,19,20). The quantitative estimate of drug-likeness (QED) is 0.842. The van der Waals surface area contributed by atoms with E-state index in [2.05, 4.69) is 21.2 Å². The summed E-state index contributed by atoms with van der Waals surface area (Å²) in [5, 5.41) is 2.60. The fourth-order valence-electron chi connectivity index (χ4n) is 1.67. The molecule has 0 aromatic heterocycles. The molecule has 0 aliphatic carbocycles. The van der Waals surface area contributed by atoms with Crippen molar-refractivity contribution in [3.05, 3.63) is 63.6 Å². The number of amides is 1. The van der Waals surface area contributed by atoms with Crippen LogP contribution in [0, 0.1) is 11.6 Å². The SMILES string of the molecule is Nc1cc(Br)ccc1C(=O)NCc1ccc(F)c(F)c1. The summed E-state index contributed by atoms with van der Waals surface area (Å²) < 4.78 is 26.6. The lowest BCUT2D eigenvalue weighted by molar-refractivity contribution is 0.0951. The number of nitrogen functional groups attached to an aromatic ring is 1. The summed E-state index contributed by atoms with van der Waals surface area (Å²) >= 11 is 3.25. The second kappa shape index (κ2) is 6.00. The highest BCUT2D eigenvalue weighted by Crippen LogP contribution is 2.18. The van der Waals surface area contributed by atoms with Crippen LogP contribution in [0.2, 0.25) is 0 Å². The van der Waals surface area contributed by atoms with Gasteiger partial charge in [0, 0.05) is 16.7 Å². The maximum absolute atomic E-state index is 13.0. The van der Waals surface area contributed by atoms with E-state index in [0.717, 1.165) is 16.6 Å². The molecule has 20 heavy (non-hydrogen) atoms. The minimum Gasteiger partial charge on any atom is -0.398 e. The van der Waals surface area contributed by atoms with Crippen LogP contribution in [-0.4, -0.2) is 5.91 Å². The van der Waals surface area contributed by atoms with E-state index in [1.54, 1.807) is 18.2 Å². The van der Waals surface area contributed by atoms with Crippen molar-refractivity contribution in [2.75, 3.05) is 5.73 Å². The van der Waals surface area contributed by atoms with Gasteiger partial charge in [-0.1, -0.05) is 22.0 Å². The van der Waals surface area contributed by atoms with Gasteiger partial charge in [0.2, 0.25) is 0 Å². The first-order valence-corrected chi connectivity index (χ1v) is 6.54. The molecule has 0 aliphatic rings. The zero-order chi connectivity index (χ0) is 14.7. The smallest absolute Gasteiger partial charge is 0.253 e. The van der Waals surface area contributed by atoms with Crippen molar-refractivity contribution in [3.63, 3.8) is 0 Å². The zero-order valence-corrected chi connectivity index (χ0v) is 11.9. The number of nitrogens with one attached hydrogen (secondary N) is 1. The molecule has 3 N–H and O–H groups in total. The topological polar surface area (TPSA) is 55.1 Å². The van der Waals surface area contributed by atoms with Gasteiger partial charge in [0.05, 0.1) is 5.56 Å². The first kappa shape index (κ1) is 14.5. The van der Waals surface area contributed by atoms with Gasteiger partial charge in [0.25, 0.3) is 5.91 Å². The number of nitrogens with two attached hydrogens (primary N) is 1. The molecule has 2 aromatic carbocycles. The normalized spacial score (nSPS) is 10.3. The number of benzene rings is 2. The molecule has 0 saturated carbocycles. The van der Waals surface area contributed by atoms with Crippen molar-refractivity contribution in [3.8, 4) is 0 Å². The number of carbonyl (C=O) groups excluding carboxylic acids is 1. The van der Waals surface area contributed by atoms with Crippen LogP contribution in [0.5, 0.6) is 0 Å². The van der Waals surface area contributed by atoms with Gasteiger partial charge in [0.15, 0.2) is 11.6 Å². The molecule has 0 spiro atoms. The molecule has 2 aromatic rings. The molecule has 0 radical (unpaired) electrons. The Hall–Kier alpha value is -1.95. The number of hydrogen-bond acceptors (Lipinski definition) is 2. The van der Waals surface area contributed by atoms with Crippen LogP contribution in [0.25, 0.3) is 0 Å². The van der Waals surface area contributed by atoms with Crippen LogP contribution >= 0.6 is 15.9 Å². The fourth-order valence-corrected chi connectivity index (χ4v) is 2.05. The Morgan fingerprint density at radius 2 is 1.90 bits per heavy atom. The van der Waals surface area contributed by atoms with Gasteiger partial charge >= 0.3 is 0 Å². The number of hydrogen-bond donors (Lipinski definition) is 2. The van der Waals surface area contributed by atoms with Crippen molar-refractivity contribution in [2.24, 2.45) is 0 Å². The number of anilines is 1. The largest absolute Gasteiger partial charge is 0.398 e. The predicted octanol–water partition coefficient (Wildman–Crippen LogP) is 3.24. The van der Waals surface area contributed by atoms with Crippen molar-refractivity contribution in [2.45, 2.75) is 6.54 Å². The highest BCUT2D eigenvalue weighted by Gasteiger charge is 2.10. The molecular formula is C14H11BrF2N2O. The highest BCUT2D eigenvalue weighted by atomic mass is 79.9. The van der Waals surface area contributed by atoms with E-state index in [4.69, 9.17) is 5.73 Å². The van der Waals surface area contributed by atoms with E-state index in [9.17, 15) is 13.6 Å². The van der Waals surface area contributed by atoms with Gasteiger partial charge in [0.1, 0.15) is 0 Å². The Morgan fingerprint density at radius 1 is 1.15 bits per heavy atom. The summed E-state index contributed by atoms with van der Waals surface area (Å²) in [6.07, 6.45) is 0. The molecule has 0 unspecified atom stereocenters. The van der Waals surface area contributed by atoms with Crippen molar-refractivity contribution in [1.29, 1.82) is 0 Å². The van der Waals surface area contributed by atoms with Gasteiger partial charge in [-0.2, -0.15) is 0 Å². The zero-order valence-electron chi connectivity index (χ0n) is 10.3. The number of halogens is 3. The average Bonchev–Trinajstić information content (AvgIpc) is 2.40. The molecule has 2 rings (SSSR count). The van der Waals surface area contributed by atoms with Crippen LogP contribution < -0.4 is 11.1 Å². The van der Waals surface area contributed by atoms with Gasteiger partial charge in [-0.25, -0.2) is 8.78 Å². The Balaban J connectivity index is 2.06. The molecule has 0 heterocycles. The Morgan fingerprint density at radius 3 is 2.55 bits per heavy atom. The molecule has 104 valence electrons. The third-order valence-corrected chi connectivity index (χ3v) is 3.19. The van der Waals surface area contributed by atoms with Crippen LogP contribution in [0.4, 0.5) is 14.5 Å². The first-order chi connectivity index (χ1) is 9.47. The summed E-state index contributed by atoms with van der Waals surface area (Å²) in [6, 6.07) is 8.37. The molecule has 0 bridgehead atoms. The summed E-state index contributed by atoms with van der Waals surface area (Å²) in [5.41, 5.74) is 6.87. The molecule has 3 nitrogen and oxygen atoms in total. The minimum atomic E-state index is -0.945. The van der Waals surface area contributed by atoms with Crippen molar-refractivity contribution < 1.29 is 13.6 Å². The average molecular weight is 341 g/mol. The lowest BCUT2D eigenvalue weighted by Gasteiger charge is -2.08. The second-order valence-electron chi connectivity index (χ2n) is 4.16. The second-order valence-corrected chi connectivity index (χ2v) is 5.08. The van der Waals surface area contributed by atoms with Gasteiger partial charge < -0.3 is 11.1 Å². The van der Waals surface area contributed by atoms with E-state index in [0.29, 0.717) is 16.8 Å². The van der Waals surface area contributed by atoms with E-state index in [1.807, 2.05) is 0 Å². The van der Waals surface area contributed by atoms with E-state index in [-0.39, 0.29) is 12.5 Å². The first-order valence-electron chi connectivity index (χ1n) is 5.74. The van der Waals surface area contributed by atoms with Gasteiger partial charge in [-0.15, -0.1) is 0 Å². The lowest BCUT2D eigenvalue weighted by atomic mass is 10.1. The maximum atomic E-state index is 13.0. The van der Waals surface area contributed by atoms with Crippen LogP contribution in [0.15, 0.2) is 40.9 Å². The minimum absolute atomic E-state index is 0.0888. The molecule has 1 amide bonds. The van der Waals surface area contributed by atoms with Crippen LogP contribution in [0.1, 0.15) is 15.9 Å². The van der Waals surface area contributed by atoms with Crippen molar-refractivity contribution in [1.82, 2.24) is 5.32 Å². The third-order valence-electron chi connectivity index (χ3n) is 2.70. The van der Waals surface area contributed by atoms with Gasteiger partial charge in [-0.05, 0) is 35.9 Å². The van der Waals surface area contributed by atoms with Crippen molar-refractivity contribution >= 4 is 27.5 Å². The maximum Gasteiger partial charge on any atom is 0.253 e. The molecule has 0 atom stereocenters. The molecule has 0 fully saturated rings. The predicted molar refractivity (Wildman–Crippen MR) is 76.1 cm³/mol. The number of carbonyl (C=O) groups is 1. The molecule has 6 heteroatoms. The van der Waals surface area contributed by atoms with E-state index >= 15 is 0 Å². The summed E-state index contributed by atoms with van der Waals surface area (Å²) in [6.45, 7) is 0.0888. The Bertz CT molecular complexity index is 662. The summed E-state index contributed by atoms with van der Waals surface area (Å²) in [7, 11) is 0. The Labute approximate surface area is 122 Å². The monoisotopic (exact) mass is 340 g/mol. The number of rotatable bonds is 3. The van der Waals surface area contributed by atoms with Gasteiger partial charge in [-0.3, -0.25) is 4.79 Å². The highest BCUT2D eigenvalue weighted by molar-refractivity contribution is 9.10. The van der Waals surface area contributed by atoms with E-state index in [1.165, 1.54) is 6.07 Å². The fraction of sp³-hybridized carbons (Fsp3) is 0.0714. The molecular weight excluding hydrogens is 330 g/mol. The molecule has 0 saturated heterocycles. The Kier molecular flexibility index (Phi) is 4.34. The van der Waals surface area contributed by atoms with E-state index < -0.39 is 11.6 Å². The summed E-state index contributed by atoms with van der Waals surface area (Å²) in [5.74, 6) is -2.24. The summed E-state index contributed by atoms with van der Waals surface area (Å²) in [4.78, 5) is 11.9. The van der Waals surface area contributed by atoms with Crippen LogP contribution in [0.3, 0.4) is 0 Å². The molecule has 0 aliphatic heterocycles.